The largest absolute Gasteiger partial charge is 0.480 e. The Bertz CT molecular complexity index is 270. The van der Waals surface area contributed by atoms with E-state index < -0.39 is 5.97 Å². The van der Waals surface area contributed by atoms with Crippen LogP contribution in [0.4, 0.5) is 0 Å². The number of nitrogens with zero attached hydrogens (tertiary/aromatic N) is 2. The van der Waals surface area contributed by atoms with Crippen LogP contribution in [0.1, 0.15) is 6.92 Å². The van der Waals surface area contributed by atoms with E-state index in [2.05, 4.69) is 5.92 Å². The van der Waals surface area contributed by atoms with Gasteiger partial charge in [0.05, 0.1) is 19.6 Å². The number of hydrogen-bond donors (Lipinski definition) is 1. The summed E-state index contributed by atoms with van der Waals surface area (Å²) in [6, 6.07) is 0. The molecule has 15 heavy (non-hydrogen) atoms. The van der Waals surface area contributed by atoms with E-state index in [0.717, 1.165) is 0 Å². The summed E-state index contributed by atoms with van der Waals surface area (Å²) < 4.78 is 0. The molecule has 0 aliphatic carbocycles. The van der Waals surface area contributed by atoms with Crippen LogP contribution in [0.2, 0.25) is 0 Å². The van der Waals surface area contributed by atoms with E-state index in [-0.39, 0.29) is 25.5 Å². The lowest BCUT2D eigenvalue weighted by Gasteiger charge is -2.21. The first-order valence-electron chi connectivity index (χ1n) is 4.62. The average molecular weight is 212 g/mol. The third-order valence-corrected chi connectivity index (χ3v) is 1.93. The van der Waals surface area contributed by atoms with Gasteiger partial charge < -0.3 is 10.0 Å². The number of aliphatic carboxylic acids is 1. The van der Waals surface area contributed by atoms with Crippen LogP contribution in [0, 0.1) is 12.3 Å². The van der Waals surface area contributed by atoms with Gasteiger partial charge in [0.1, 0.15) is 0 Å². The van der Waals surface area contributed by atoms with Gasteiger partial charge in [-0.15, -0.1) is 6.42 Å². The topological polar surface area (TPSA) is 60.9 Å². The Morgan fingerprint density at radius 2 is 2.00 bits per heavy atom. The quantitative estimate of drug-likeness (QED) is 0.602. The van der Waals surface area contributed by atoms with E-state index in [1.807, 2.05) is 6.92 Å². The van der Waals surface area contributed by atoms with Crippen molar-refractivity contribution in [3.05, 3.63) is 0 Å². The van der Waals surface area contributed by atoms with Crippen molar-refractivity contribution >= 4 is 11.9 Å². The zero-order chi connectivity index (χ0) is 11.8. The number of likely N-dealkylation sites (N-methyl/N-ethyl adjacent to an activating group) is 1. The molecule has 0 saturated carbocycles. The van der Waals surface area contributed by atoms with Crippen LogP contribution in [-0.2, 0) is 9.59 Å². The number of terminal acetylenes is 1. The van der Waals surface area contributed by atoms with Gasteiger partial charge in [-0.25, -0.2) is 0 Å². The van der Waals surface area contributed by atoms with Gasteiger partial charge in [-0.2, -0.15) is 0 Å². The summed E-state index contributed by atoms with van der Waals surface area (Å²) in [4.78, 5) is 24.9. The predicted octanol–water partition coefficient (Wildman–Crippen LogP) is -0.515. The second-order valence-corrected chi connectivity index (χ2v) is 3.15. The summed E-state index contributed by atoms with van der Waals surface area (Å²) >= 11 is 0. The molecular formula is C10H16N2O3. The van der Waals surface area contributed by atoms with Crippen molar-refractivity contribution in [2.75, 3.05) is 33.2 Å². The number of hydrogen-bond acceptors (Lipinski definition) is 3. The van der Waals surface area contributed by atoms with Gasteiger partial charge in [-0.05, 0) is 6.92 Å². The summed E-state index contributed by atoms with van der Waals surface area (Å²) in [7, 11) is 1.66. The minimum Gasteiger partial charge on any atom is -0.480 e. The Morgan fingerprint density at radius 3 is 2.40 bits per heavy atom. The number of carbonyl (C=O) groups is 2. The summed E-state index contributed by atoms with van der Waals surface area (Å²) in [5.41, 5.74) is 0. The van der Waals surface area contributed by atoms with E-state index in [4.69, 9.17) is 11.5 Å². The Kier molecular flexibility index (Phi) is 6.14. The van der Waals surface area contributed by atoms with E-state index >= 15 is 0 Å². The van der Waals surface area contributed by atoms with Gasteiger partial charge in [0, 0.05) is 13.6 Å². The average Bonchev–Trinajstić information content (AvgIpc) is 2.15. The molecule has 5 nitrogen and oxygen atoms in total. The lowest BCUT2D eigenvalue weighted by molar-refractivity contribution is -0.139. The fourth-order valence-electron chi connectivity index (χ4n) is 0.976. The normalized spacial score (nSPS) is 9.73. The zero-order valence-electron chi connectivity index (χ0n) is 9.06. The predicted molar refractivity (Wildman–Crippen MR) is 56.2 cm³/mol. The van der Waals surface area contributed by atoms with Gasteiger partial charge in [0.25, 0.3) is 0 Å². The van der Waals surface area contributed by atoms with Crippen LogP contribution in [0.3, 0.4) is 0 Å². The molecule has 5 heteroatoms. The van der Waals surface area contributed by atoms with E-state index in [1.54, 1.807) is 7.05 Å². The van der Waals surface area contributed by atoms with Crippen LogP contribution < -0.4 is 0 Å². The highest BCUT2D eigenvalue weighted by molar-refractivity contribution is 5.79. The Hall–Kier alpha value is -1.54. The summed E-state index contributed by atoms with van der Waals surface area (Å²) in [6.45, 7) is 2.43. The first kappa shape index (κ1) is 13.5. The van der Waals surface area contributed by atoms with Crippen molar-refractivity contribution in [3.63, 3.8) is 0 Å². The molecule has 0 heterocycles. The molecule has 0 bridgehead atoms. The van der Waals surface area contributed by atoms with Crippen LogP contribution in [0.25, 0.3) is 0 Å². The fourth-order valence-corrected chi connectivity index (χ4v) is 0.976. The molecule has 0 fully saturated rings. The zero-order valence-corrected chi connectivity index (χ0v) is 9.06. The highest BCUT2D eigenvalue weighted by atomic mass is 16.4. The van der Waals surface area contributed by atoms with E-state index in [1.165, 1.54) is 9.80 Å². The van der Waals surface area contributed by atoms with Crippen molar-refractivity contribution in [2.45, 2.75) is 6.92 Å². The lowest BCUT2D eigenvalue weighted by Crippen LogP contribution is -2.40. The molecule has 1 N–H and O–H groups in total. The minimum atomic E-state index is -0.989. The SMILES string of the molecule is C#CCN(CC(=O)O)CC(=O)N(C)CC. The van der Waals surface area contributed by atoms with E-state index in [0.29, 0.717) is 6.54 Å². The second-order valence-electron chi connectivity index (χ2n) is 3.15. The number of carboxylic acids is 1. The van der Waals surface area contributed by atoms with Crippen molar-refractivity contribution < 1.29 is 14.7 Å². The van der Waals surface area contributed by atoms with Gasteiger partial charge in [-0.1, -0.05) is 5.92 Å². The number of carbonyl (C=O) groups excluding carboxylic acids is 1. The number of carboxylic acid groups (broad SMARTS) is 1. The highest BCUT2D eigenvalue weighted by Crippen LogP contribution is 1.91. The monoisotopic (exact) mass is 212 g/mol. The Balaban J connectivity index is 4.22. The standard InChI is InChI=1S/C10H16N2O3/c1-4-6-12(8-10(14)15)7-9(13)11(3)5-2/h1H,5-8H2,2-3H3,(H,14,15). The summed E-state index contributed by atoms with van der Waals surface area (Å²) in [6.07, 6.45) is 5.08. The molecular weight excluding hydrogens is 196 g/mol. The van der Waals surface area contributed by atoms with Gasteiger partial charge in [-0.3, -0.25) is 14.5 Å². The number of amides is 1. The molecule has 0 saturated heterocycles. The highest BCUT2D eigenvalue weighted by Gasteiger charge is 2.14. The van der Waals surface area contributed by atoms with Crippen LogP contribution in [-0.4, -0.2) is 60.0 Å². The smallest absolute Gasteiger partial charge is 0.317 e. The molecule has 0 unspecified atom stereocenters. The van der Waals surface area contributed by atoms with Crippen LogP contribution in [0.5, 0.6) is 0 Å². The molecule has 0 radical (unpaired) electrons. The maximum absolute atomic E-state index is 11.5. The summed E-state index contributed by atoms with van der Waals surface area (Å²) in [5.74, 6) is 1.21. The van der Waals surface area contributed by atoms with Crippen molar-refractivity contribution in [2.24, 2.45) is 0 Å². The molecule has 0 aliphatic rings. The van der Waals surface area contributed by atoms with Gasteiger partial charge >= 0.3 is 5.97 Å². The molecule has 0 rings (SSSR count). The maximum Gasteiger partial charge on any atom is 0.317 e. The van der Waals surface area contributed by atoms with Crippen molar-refractivity contribution in [1.82, 2.24) is 9.80 Å². The molecule has 1 amide bonds. The second kappa shape index (κ2) is 6.85. The number of rotatable bonds is 6. The molecule has 84 valence electrons. The van der Waals surface area contributed by atoms with E-state index in [9.17, 15) is 9.59 Å². The molecule has 0 spiro atoms. The summed E-state index contributed by atoms with van der Waals surface area (Å²) in [5, 5.41) is 8.58. The molecule has 0 aromatic carbocycles. The molecule has 0 aliphatic heterocycles. The Labute approximate surface area is 89.7 Å². The first-order valence-corrected chi connectivity index (χ1v) is 4.62. The van der Waals surface area contributed by atoms with Crippen molar-refractivity contribution in [1.29, 1.82) is 0 Å². The molecule has 0 atom stereocenters. The third-order valence-electron chi connectivity index (χ3n) is 1.93. The van der Waals surface area contributed by atoms with Crippen LogP contribution in [0.15, 0.2) is 0 Å². The maximum atomic E-state index is 11.5. The fraction of sp³-hybridized carbons (Fsp3) is 0.600. The molecule has 0 aromatic rings. The van der Waals surface area contributed by atoms with Crippen LogP contribution >= 0.6 is 0 Å². The first-order chi connectivity index (χ1) is 7.01. The minimum absolute atomic E-state index is 0.0425. The molecule has 0 aromatic heterocycles. The Morgan fingerprint density at radius 1 is 1.40 bits per heavy atom. The van der Waals surface area contributed by atoms with Crippen molar-refractivity contribution in [3.8, 4) is 12.3 Å². The van der Waals surface area contributed by atoms with Gasteiger partial charge in [0.15, 0.2) is 0 Å². The lowest BCUT2D eigenvalue weighted by atomic mass is 10.4. The van der Waals surface area contributed by atoms with Gasteiger partial charge in [0.2, 0.25) is 5.91 Å². The third kappa shape index (κ3) is 5.70.